The highest BCUT2D eigenvalue weighted by Crippen LogP contribution is 2.37. The monoisotopic (exact) mass is 446 g/mol. The van der Waals surface area contributed by atoms with E-state index in [4.69, 9.17) is 9.47 Å². The Morgan fingerprint density at radius 3 is 2.71 bits per heavy atom. The van der Waals surface area contributed by atoms with E-state index < -0.39 is 35.2 Å². The zero-order chi connectivity index (χ0) is 22.3. The fraction of sp³-hybridized carbons (Fsp3) is 0.409. The van der Waals surface area contributed by atoms with Crippen molar-refractivity contribution < 1.29 is 18.7 Å². The molecule has 0 radical (unpaired) electrons. The lowest BCUT2D eigenvalue weighted by atomic mass is 9.94. The van der Waals surface area contributed by atoms with Crippen LogP contribution < -0.4 is 11.2 Å². The smallest absolute Gasteiger partial charge is 0.332 e. The Balaban J connectivity index is 1.98. The topological polar surface area (TPSA) is 79.5 Å². The van der Waals surface area contributed by atoms with Gasteiger partial charge in [-0.15, -0.1) is 11.3 Å². The summed E-state index contributed by atoms with van der Waals surface area (Å²) in [6, 6.07) is 6.17. The van der Waals surface area contributed by atoms with Crippen molar-refractivity contribution in [3.8, 4) is 0 Å². The first kappa shape index (κ1) is 21.5. The second kappa shape index (κ2) is 8.05. The normalized spacial score (nSPS) is 15.1. The van der Waals surface area contributed by atoms with Gasteiger partial charge in [0, 0.05) is 16.9 Å². The highest BCUT2D eigenvalue weighted by molar-refractivity contribution is 7.18. The van der Waals surface area contributed by atoms with Gasteiger partial charge in [0.1, 0.15) is 17.2 Å². The minimum atomic E-state index is -0.675. The molecule has 0 fully saturated rings. The maximum Gasteiger partial charge on any atom is 0.332 e. The number of carbonyl (C=O) groups is 1. The van der Waals surface area contributed by atoms with Crippen LogP contribution in [0.1, 0.15) is 36.8 Å². The summed E-state index contributed by atoms with van der Waals surface area (Å²) in [7, 11) is 0. The lowest BCUT2D eigenvalue weighted by Gasteiger charge is -2.29. The van der Waals surface area contributed by atoms with Gasteiger partial charge in [0.05, 0.1) is 30.7 Å². The summed E-state index contributed by atoms with van der Waals surface area (Å²) in [6.07, 6.45) is 0.495. The molecule has 3 aromatic rings. The fourth-order valence-corrected chi connectivity index (χ4v) is 5.03. The Hall–Kier alpha value is -2.78. The van der Waals surface area contributed by atoms with E-state index in [1.807, 2.05) is 13.8 Å². The van der Waals surface area contributed by atoms with Crippen molar-refractivity contribution in [2.75, 3.05) is 6.61 Å². The second-order valence-electron chi connectivity index (χ2n) is 8.07. The van der Waals surface area contributed by atoms with Crippen molar-refractivity contribution in [1.29, 1.82) is 0 Å². The molecule has 0 aliphatic carbocycles. The molecule has 31 heavy (non-hydrogen) atoms. The zero-order valence-electron chi connectivity index (χ0n) is 17.6. The summed E-state index contributed by atoms with van der Waals surface area (Å²) < 4.78 is 27.4. The summed E-state index contributed by atoms with van der Waals surface area (Å²) in [5.74, 6) is -1.12. The van der Waals surface area contributed by atoms with Gasteiger partial charge in [-0.3, -0.25) is 14.2 Å². The average Bonchev–Trinajstić information content (AvgIpc) is 3.07. The van der Waals surface area contributed by atoms with Crippen LogP contribution in [0.3, 0.4) is 0 Å². The molecule has 7 nitrogen and oxygen atoms in total. The van der Waals surface area contributed by atoms with Crippen LogP contribution in [0.2, 0.25) is 0 Å². The number of thiophene rings is 1. The molecule has 1 aliphatic rings. The first-order valence-electron chi connectivity index (χ1n) is 10.0. The highest BCUT2D eigenvalue weighted by atomic mass is 32.1. The minimum Gasteiger partial charge on any atom is -0.465 e. The summed E-state index contributed by atoms with van der Waals surface area (Å²) in [6.45, 7) is 5.43. The van der Waals surface area contributed by atoms with E-state index in [0.29, 0.717) is 28.8 Å². The van der Waals surface area contributed by atoms with Crippen molar-refractivity contribution in [3.63, 3.8) is 0 Å². The number of benzene rings is 1. The number of esters is 1. The number of carbonyl (C=O) groups excluding carboxylic acids is 1. The first-order valence-corrected chi connectivity index (χ1v) is 10.8. The molecule has 164 valence electrons. The molecule has 0 spiro atoms. The lowest BCUT2D eigenvalue weighted by molar-refractivity contribution is -0.143. The summed E-state index contributed by atoms with van der Waals surface area (Å²) in [4.78, 5) is 40.0. The molecule has 2 aromatic heterocycles. The Bertz CT molecular complexity index is 1290. The Morgan fingerprint density at radius 2 is 2.00 bits per heavy atom. The molecule has 1 aromatic carbocycles. The molecule has 0 saturated carbocycles. The Morgan fingerprint density at radius 1 is 1.26 bits per heavy atom. The third-order valence-electron chi connectivity index (χ3n) is 5.31. The molecule has 0 N–H and O–H groups in total. The van der Waals surface area contributed by atoms with E-state index in [1.54, 1.807) is 25.1 Å². The molecule has 0 bridgehead atoms. The Labute approximate surface area is 181 Å². The van der Waals surface area contributed by atoms with E-state index in [1.165, 1.54) is 22.0 Å². The van der Waals surface area contributed by atoms with Gasteiger partial charge < -0.3 is 9.47 Å². The molecular formula is C22H23FN2O5S. The lowest BCUT2D eigenvalue weighted by Crippen LogP contribution is -2.42. The van der Waals surface area contributed by atoms with Crippen molar-refractivity contribution in [2.24, 2.45) is 0 Å². The van der Waals surface area contributed by atoms with Crippen LogP contribution >= 0.6 is 11.3 Å². The van der Waals surface area contributed by atoms with Gasteiger partial charge in [0.25, 0.3) is 5.56 Å². The Kier molecular flexibility index (Phi) is 5.57. The number of nitrogens with zero attached hydrogens (tertiary/aromatic N) is 2. The van der Waals surface area contributed by atoms with E-state index >= 15 is 0 Å². The molecule has 4 rings (SSSR count). The molecule has 0 amide bonds. The number of hydrogen-bond donors (Lipinski definition) is 0. The molecule has 3 heterocycles. The number of ether oxygens (including phenoxy) is 2. The quantitative estimate of drug-likeness (QED) is 0.563. The van der Waals surface area contributed by atoms with E-state index in [2.05, 4.69) is 0 Å². The van der Waals surface area contributed by atoms with Crippen LogP contribution in [0.5, 0.6) is 0 Å². The van der Waals surface area contributed by atoms with E-state index in [0.717, 1.165) is 15.0 Å². The number of rotatable bonds is 5. The molecule has 1 aliphatic heterocycles. The van der Waals surface area contributed by atoms with Gasteiger partial charge in [0.2, 0.25) is 0 Å². The van der Waals surface area contributed by atoms with Crippen LogP contribution in [0.15, 0.2) is 33.9 Å². The van der Waals surface area contributed by atoms with Crippen LogP contribution in [0, 0.1) is 5.82 Å². The number of halogens is 1. The number of hydrogen-bond acceptors (Lipinski definition) is 6. The molecule has 0 unspecified atom stereocenters. The molecule has 9 heteroatoms. The summed E-state index contributed by atoms with van der Waals surface area (Å²) in [5, 5.41) is 0.386. The van der Waals surface area contributed by atoms with Gasteiger partial charge in [0.15, 0.2) is 0 Å². The third-order valence-corrected chi connectivity index (χ3v) is 6.54. The summed E-state index contributed by atoms with van der Waals surface area (Å²) in [5.41, 5.74) is -0.539. The van der Waals surface area contributed by atoms with Crippen LogP contribution in [0.25, 0.3) is 10.2 Å². The number of aromatic nitrogens is 2. The molecule has 0 saturated heterocycles. The minimum absolute atomic E-state index is 0.0608. The predicted octanol–water partition coefficient (Wildman–Crippen LogP) is 2.83. The SMILES string of the molecule is CCOC(=O)Cn1c(=O)c2c3c(sc2n(Cc2ccccc2F)c1=O)COC(C)(C)C3. The predicted molar refractivity (Wildman–Crippen MR) is 115 cm³/mol. The van der Waals surface area contributed by atoms with Gasteiger partial charge in [-0.25, -0.2) is 13.8 Å². The number of fused-ring (bicyclic) bond motifs is 3. The molecular weight excluding hydrogens is 423 g/mol. The zero-order valence-corrected chi connectivity index (χ0v) is 18.4. The fourth-order valence-electron chi connectivity index (χ4n) is 3.82. The first-order chi connectivity index (χ1) is 14.7. The van der Waals surface area contributed by atoms with Crippen molar-refractivity contribution in [2.45, 2.75) is 52.5 Å². The van der Waals surface area contributed by atoms with Crippen molar-refractivity contribution in [3.05, 3.63) is 66.9 Å². The van der Waals surface area contributed by atoms with Gasteiger partial charge in [-0.2, -0.15) is 0 Å². The second-order valence-corrected chi connectivity index (χ2v) is 9.15. The maximum absolute atomic E-state index is 14.4. The van der Waals surface area contributed by atoms with E-state index in [-0.39, 0.29) is 13.2 Å². The average molecular weight is 447 g/mol. The van der Waals surface area contributed by atoms with E-state index in [9.17, 15) is 18.8 Å². The van der Waals surface area contributed by atoms with Gasteiger partial charge in [-0.05, 0) is 32.4 Å². The third kappa shape index (κ3) is 3.95. The largest absolute Gasteiger partial charge is 0.465 e. The van der Waals surface area contributed by atoms with Gasteiger partial charge >= 0.3 is 11.7 Å². The van der Waals surface area contributed by atoms with Crippen LogP contribution in [0.4, 0.5) is 4.39 Å². The van der Waals surface area contributed by atoms with Gasteiger partial charge in [-0.1, -0.05) is 18.2 Å². The molecule has 0 atom stereocenters. The van der Waals surface area contributed by atoms with Crippen molar-refractivity contribution in [1.82, 2.24) is 9.13 Å². The highest BCUT2D eigenvalue weighted by Gasteiger charge is 2.32. The van der Waals surface area contributed by atoms with Crippen LogP contribution in [-0.4, -0.2) is 27.3 Å². The standard InChI is InChI=1S/C22H23FN2O5S/c1-4-29-17(26)11-24-19(27)18-14-9-22(2,3)30-12-16(14)31-20(18)25(21(24)28)10-13-7-5-6-8-15(13)23/h5-8H,4,9-12H2,1-3H3. The van der Waals surface area contributed by atoms with Crippen LogP contribution in [-0.2, 0) is 40.4 Å². The van der Waals surface area contributed by atoms with Crippen molar-refractivity contribution >= 4 is 27.5 Å². The summed E-state index contributed by atoms with van der Waals surface area (Å²) >= 11 is 1.30. The maximum atomic E-state index is 14.4.